The van der Waals surface area contributed by atoms with Crippen LogP contribution in [0.5, 0.6) is 0 Å². The van der Waals surface area contributed by atoms with Crippen molar-refractivity contribution >= 4 is 16.7 Å². The fraction of sp³-hybridized carbons (Fsp3) is 0.278. The van der Waals surface area contributed by atoms with E-state index in [0.29, 0.717) is 0 Å². The van der Waals surface area contributed by atoms with E-state index in [2.05, 4.69) is 55.7 Å². The number of rotatable bonds is 1. The normalized spacial score (nSPS) is 12.0. The molecule has 0 atom stereocenters. The maximum atomic E-state index is 6.07. The molecule has 0 fully saturated rings. The SMILES string of the molecule is Cc1ccc(-c2nc3ccccc3n2C(C)(C)C)cc1N. The highest BCUT2D eigenvalue weighted by atomic mass is 15.1. The summed E-state index contributed by atoms with van der Waals surface area (Å²) in [5.41, 5.74) is 11.2. The van der Waals surface area contributed by atoms with Gasteiger partial charge in [-0.3, -0.25) is 0 Å². The lowest BCUT2D eigenvalue weighted by atomic mass is 10.1. The van der Waals surface area contributed by atoms with Crippen molar-refractivity contribution in [3.63, 3.8) is 0 Å². The van der Waals surface area contributed by atoms with Crippen LogP contribution in [0.15, 0.2) is 42.5 Å². The molecule has 0 bridgehead atoms. The van der Waals surface area contributed by atoms with Gasteiger partial charge in [-0.2, -0.15) is 0 Å². The lowest BCUT2D eigenvalue weighted by Crippen LogP contribution is -2.22. The summed E-state index contributed by atoms with van der Waals surface area (Å²) in [5.74, 6) is 0.968. The zero-order chi connectivity index (χ0) is 15.2. The lowest BCUT2D eigenvalue weighted by Gasteiger charge is -2.25. The van der Waals surface area contributed by atoms with Crippen LogP contribution in [0, 0.1) is 6.92 Å². The van der Waals surface area contributed by atoms with Crippen LogP contribution in [-0.4, -0.2) is 9.55 Å². The Kier molecular flexibility index (Phi) is 3.01. The second kappa shape index (κ2) is 4.62. The van der Waals surface area contributed by atoms with Crippen LogP contribution in [0.3, 0.4) is 0 Å². The molecule has 0 aliphatic rings. The molecule has 0 spiro atoms. The quantitative estimate of drug-likeness (QED) is 0.673. The molecule has 1 heterocycles. The second-order valence-electron chi connectivity index (χ2n) is 6.50. The van der Waals surface area contributed by atoms with Crippen molar-refractivity contribution in [1.29, 1.82) is 0 Å². The van der Waals surface area contributed by atoms with Crippen LogP contribution in [0.2, 0.25) is 0 Å². The number of nitrogens with two attached hydrogens (primary N) is 1. The monoisotopic (exact) mass is 279 g/mol. The average Bonchev–Trinajstić information content (AvgIpc) is 2.81. The van der Waals surface area contributed by atoms with E-state index in [1.54, 1.807) is 0 Å². The molecule has 3 aromatic rings. The first-order valence-electron chi connectivity index (χ1n) is 7.22. The molecule has 1 aromatic heterocycles. The molecule has 108 valence electrons. The van der Waals surface area contributed by atoms with Gasteiger partial charge in [0.25, 0.3) is 0 Å². The fourth-order valence-electron chi connectivity index (χ4n) is 2.68. The van der Waals surface area contributed by atoms with E-state index in [4.69, 9.17) is 10.7 Å². The molecule has 0 unspecified atom stereocenters. The molecule has 0 saturated carbocycles. The molecular weight excluding hydrogens is 258 g/mol. The number of imidazole rings is 1. The van der Waals surface area contributed by atoms with E-state index >= 15 is 0 Å². The highest BCUT2D eigenvalue weighted by Gasteiger charge is 2.22. The van der Waals surface area contributed by atoms with Gasteiger partial charge in [-0.25, -0.2) is 4.98 Å². The average molecular weight is 279 g/mol. The predicted molar refractivity (Wildman–Crippen MR) is 89.3 cm³/mol. The fourth-order valence-corrected chi connectivity index (χ4v) is 2.68. The number of anilines is 1. The van der Waals surface area contributed by atoms with Crippen molar-refractivity contribution in [2.45, 2.75) is 33.2 Å². The van der Waals surface area contributed by atoms with Crippen molar-refractivity contribution in [2.24, 2.45) is 0 Å². The van der Waals surface area contributed by atoms with Gasteiger partial charge in [-0.15, -0.1) is 0 Å². The van der Waals surface area contributed by atoms with Crippen molar-refractivity contribution in [2.75, 3.05) is 5.73 Å². The van der Waals surface area contributed by atoms with Crippen molar-refractivity contribution in [3.8, 4) is 11.4 Å². The summed E-state index contributed by atoms with van der Waals surface area (Å²) in [7, 11) is 0. The summed E-state index contributed by atoms with van der Waals surface area (Å²) < 4.78 is 2.28. The zero-order valence-electron chi connectivity index (χ0n) is 13.0. The first-order chi connectivity index (χ1) is 9.88. The maximum Gasteiger partial charge on any atom is 0.141 e. The van der Waals surface area contributed by atoms with Gasteiger partial charge in [-0.1, -0.05) is 24.3 Å². The molecule has 0 radical (unpaired) electrons. The molecule has 3 nitrogen and oxygen atoms in total. The van der Waals surface area contributed by atoms with Crippen LogP contribution in [0.4, 0.5) is 5.69 Å². The predicted octanol–water partition coefficient (Wildman–Crippen LogP) is 4.35. The standard InChI is InChI=1S/C18H21N3/c1-12-9-10-13(11-14(12)19)17-20-15-7-5-6-8-16(15)21(17)18(2,3)4/h5-11H,19H2,1-4H3. The number of fused-ring (bicyclic) bond motifs is 1. The molecule has 3 rings (SSSR count). The van der Waals surface area contributed by atoms with E-state index in [0.717, 1.165) is 33.7 Å². The van der Waals surface area contributed by atoms with Gasteiger partial charge < -0.3 is 10.3 Å². The minimum Gasteiger partial charge on any atom is -0.398 e. The number of hydrogen-bond acceptors (Lipinski definition) is 2. The van der Waals surface area contributed by atoms with Gasteiger partial charge in [0, 0.05) is 16.8 Å². The van der Waals surface area contributed by atoms with Gasteiger partial charge in [0.15, 0.2) is 0 Å². The summed E-state index contributed by atoms with van der Waals surface area (Å²) in [4.78, 5) is 4.83. The van der Waals surface area contributed by atoms with Gasteiger partial charge in [-0.05, 0) is 51.5 Å². The van der Waals surface area contributed by atoms with Crippen molar-refractivity contribution in [3.05, 3.63) is 48.0 Å². The number of aromatic nitrogens is 2. The van der Waals surface area contributed by atoms with Crippen molar-refractivity contribution < 1.29 is 0 Å². The Labute approximate surface area is 125 Å². The molecular formula is C18H21N3. The molecule has 0 aliphatic heterocycles. The van der Waals surface area contributed by atoms with E-state index in [1.165, 1.54) is 0 Å². The van der Waals surface area contributed by atoms with Gasteiger partial charge in [0.2, 0.25) is 0 Å². The van der Waals surface area contributed by atoms with Crippen LogP contribution in [-0.2, 0) is 5.54 Å². The minimum absolute atomic E-state index is 0.0505. The van der Waals surface area contributed by atoms with Crippen LogP contribution < -0.4 is 5.73 Å². The minimum atomic E-state index is -0.0505. The molecule has 2 N–H and O–H groups in total. The number of para-hydroxylation sites is 2. The third kappa shape index (κ3) is 2.29. The van der Waals surface area contributed by atoms with E-state index in [-0.39, 0.29) is 5.54 Å². The number of benzene rings is 2. The Morgan fingerprint density at radius 1 is 1.05 bits per heavy atom. The second-order valence-corrected chi connectivity index (χ2v) is 6.50. The summed E-state index contributed by atoms with van der Waals surface area (Å²) in [6.07, 6.45) is 0. The van der Waals surface area contributed by atoms with Crippen molar-refractivity contribution in [1.82, 2.24) is 9.55 Å². The van der Waals surface area contributed by atoms with E-state index < -0.39 is 0 Å². The molecule has 0 saturated heterocycles. The largest absolute Gasteiger partial charge is 0.398 e. The molecule has 0 amide bonds. The van der Waals surface area contributed by atoms with Crippen LogP contribution >= 0.6 is 0 Å². The topological polar surface area (TPSA) is 43.8 Å². The Morgan fingerprint density at radius 3 is 2.43 bits per heavy atom. The lowest BCUT2D eigenvalue weighted by molar-refractivity contribution is 0.413. The summed E-state index contributed by atoms with van der Waals surface area (Å²) in [5, 5.41) is 0. The maximum absolute atomic E-state index is 6.07. The summed E-state index contributed by atoms with van der Waals surface area (Å²) in [6, 6.07) is 14.4. The Bertz CT molecular complexity index is 807. The molecule has 0 aliphatic carbocycles. The highest BCUT2D eigenvalue weighted by molar-refractivity contribution is 5.81. The Hall–Kier alpha value is -2.29. The van der Waals surface area contributed by atoms with Crippen LogP contribution in [0.25, 0.3) is 22.4 Å². The Morgan fingerprint density at radius 2 is 1.76 bits per heavy atom. The summed E-state index contributed by atoms with van der Waals surface area (Å²) in [6.45, 7) is 8.61. The number of nitrogen functional groups attached to an aromatic ring is 1. The van der Waals surface area contributed by atoms with Gasteiger partial charge in [0.1, 0.15) is 5.82 Å². The first kappa shape index (κ1) is 13.7. The Balaban J connectivity index is 2.33. The number of nitrogens with zero attached hydrogens (tertiary/aromatic N) is 2. The highest BCUT2D eigenvalue weighted by Crippen LogP contribution is 2.32. The van der Waals surface area contributed by atoms with Gasteiger partial charge >= 0.3 is 0 Å². The number of hydrogen-bond donors (Lipinski definition) is 1. The zero-order valence-corrected chi connectivity index (χ0v) is 13.0. The number of aryl methyl sites for hydroxylation is 1. The summed E-state index contributed by atoms with van der Waals surface area (Å²) >= 11 is 0. The van der Waals surface area contributed by atoms with Gasteiger partial charge in [0.05, 0.1) is 11.0 Å². The molecule has 21 heavy (non-hydrogen) atoms. The third-order valence-corrected chi connectivity index (χ3v) is 3.77. The van der Waals surface area contributed by atoms with E-state index in [9.17, 15) is 0 Å². The first-order valence-corrected chi connectivity index (χ1v) is 7.22. The van der Waals surface area contributed by atoms with E-state index in [1.807, 2.05) is 19.1 Å². The smallest absolute Gasteiger partial charge is 0.141 e. The molecule has 3 heteroatoms. The third-order valence-electron chi connectivity index (χ3n) is 3.77. The molecule has 2 aromatic carbocycles. The van der Waals surface area contributed by atoms with Crippen LogP contribution in [0.1, 0.15) is 26.3 Å².